The topological polar surface area (TPSA) is 267 Å². The number of para-hydroxylation sites is 1. The van der Waals surface area contributed by atoms with E-state index < -0.39 is 24.9 Å². The Labute approximate surface area is 486 Å². The number of aromatic nitrogens is 6. The molecule has 78 heavy (non-hydrogen) atoms. The van der Waals surface area contributed by atoms with Crippen LogP contribution in [0.15, 0.2) is 112 Å². The first-order valence-corrected chi connectivity index (χ1v) is 25.6. The lowest BCUT2D eigenvalue weighted by atomic mass is 10.0. The summed E-state index contributed by atoms with van der Waals surface area (Å²) in [5.41, 5.74) is 7.27. The Morgan fingerprint density at radius 1 is 0.705 bits per heavy atom. The van der Waals surface area contributed by atoms with E-state index in [2.05, 4.69) is 52.4 Å². The number of aliphatic hydroxyl groups excluding tert-OH is 4. The summed E-state index contributed by atoms with van der Waals surface area (Å²) in [7, 11) is 0. The van der Waals surface area contributed by atoms with Gasteiger partial charge in [0.1, 0.15) is 19.0 Å². The van der Waals surface area contributed by atoms with Gasteiger partial charge in [0.2, 0.25) is 23.6 Å². The molecule has 0 saturated heterocycles. The monoisotopic (exact) mass is 1210 g/mol. The van der Waals surface area contributed by atoms with Crippen LogP contribution >= 0.6 is 82.0 Å². The number of amides is 3. The SMILES string of the molecule is C.Cc1ccc(NC(=O)N2CC=C(c3ncc(C(O)c4nnc(CO)o4)cc3Cl)CC2)cc1Cl.Cc1ccc(NC(=O)Oc2ccccc2)cc1Cl.Cl.ClCCl.OCc1nnc(C(O)c2cnc(C3=CCNCC3)c(Cl)c2)o1. The van der Waals surface area contributed by atoms with E-state index in [1.54, 1.807) is 59.5 Å². The van der Waals surface area contributed by atoms with E-state index >= 15 is 0 Å². The predicted octanol–water partition coefficient (Wildman–Crippen LogP) is 11.8. The molecule has 9 rings (SSSR count). The van der Waals surface area contributed by atoms with Gasteiger partial charge in [0.15, 0.2) is 12.2 Å². The van der Waals surface area contributed by atoms with Crippen molar-refractivity contribution in [3.8, 4) is 5.75 Å². The lowest BCUT2D eigenvalue weighted by molar-refractivity contribution is 0.170. The van der Waals surface area contributed by atoms with Crippen molar-refractivity contribution in [2.75, 3.05) is 42.2 Å². The van der Waals surface area contributed by atoms with Crippen LogP contribution in [0.3, 0.4) is 0 Å². The predicted molar refractivity (Wildman–Crippen MR) is 305 cm³/mol. The summed E-state index contributed by atoms with van der Waals surface area (Å²) in [6, 6.07) is 22.5. The van der Waals surface area contributed by atoms with Gasteiger partial charge in [-0.2, -0.15) is 0 Å². The first-order valence-electron chi connectivity index (χ1n) is 23.0. The molecule has 3 aromatic carbocycles. The number of hydrogen-bond donors (Lipinski definition) is 7. The molecule has 6 heterocycles. The van der Waals surface area contributed by atoms with Gasteiger partial charge in [-0.3, -0.25) is 15.3 Å². The van der Waals surface area contributed by atoms with Crippen LogP contribution in [0.4, 0.5) is 21.0 Å². The smallest absolute Gasteiger partial charge is 0.417 e. The number of aryl methyl sites for hydroxylation is 2. The number of benzene rings is 3. The Kier molecular flexibility index (Phi) is 26.7. The van der Waals surface area contributed by atoms with E-state index in [0.717, 1.165) is 47.5 Å². The molecule has 26 heteroatoms. The van der Waals surface area contributed by atoms with Gasteiger partial charge in [0, 0.05) is 64.6 Å². The van der Waals surface area contributed by atoms with Crippen LogP contribution in [0.25, 0.3) is 11.1 Å². The Bertz CT molecular complexity index is 3130. The minimum atomic E-state index is -1.22. The van der Waals surface area contributed by atoms with Crippen LogP contribution < -0.4 is 20.7 Å². The summed E-state index contributed by atoms with van der Waals surface area (Å²) in [4.78, 5) is 34.6. The number of pyridine rings is 2. The number of aliphatic hydroxyl groups is 4. The first-order chi connectivity index (χ1) is 36.6. The van der Waals surface area contributed by atoms with Gasteiger partial charge in [0.05, 0.1) is 26.8 Å². The van der Waals surface area contributed by atoms with Crippen LogP contribution in [0.1, 0.15) is 89.7 Å². The molecule has 2 aliphatic rings. The van der Waals surface area contributed by atoms with E-state index in [4.69, 9.17) is 93.4 Å². The minimum Gasteiger partial charge on any atom is -0.420 e. The van der Waals surface area contributed by atoms with Crippen LogP contribution in [0.2, 0.25) is 20.1 Å². The molecular formula is C52H55Cl7N10O9. The van der Waals surface area contributed by atoms with Crippen molar-refractivity contribution in [3.05, 3.63) is 181 Å². The number of carbonyl (C=O) groups excluding carboxylic acids is 2. The van der Waals surface area contributed by atoms with E-state index in [9.17, 15) is 19.8 Å². The fourth-order valence-corrected chi connectivity index (χ4v) is 7.99. The van der Waals surface area contributed by atoms with Crippen molar-refractivity contribution in [2.24, 2.45) is 0 Å². The van der Waals surface area contributed by atoms with Crippen LogP contribution in [-0.4, -0.2) is 99.3 Å². The van der Waals surface area contributed by atoms with Crippen molar-refractivity contribution in [1.29, 1.82) is 0 Å². The van der Waals surface area contributed by atoms with Gasteiger partial charge in [-0.15, -0.1) is 56.0 Å². The summed E-state index contributed by atoms with van der Waals surface area (Å²) in [6.07, 6.45) is 5.52. The van der Waals surface area contributed by atoms with Gasteiger partial charge in [0.25, 0.3) is 0 Å². The maximum atomic E-state index is 12.6. The number of rotatable bonds is 11. The maximum absolute atomic E-state index is 12.6. The standard InChI is InChI=1S/C22H21Cl2N5O4.C14H15ClN4O3.C14H12ClNO2.CH2Cl2.CH4.ClH/c1-12-2-3-15(9-16(12)23)26-22(32)29-6-4-13(5-7-29)19-17(24)8-14(10-25-19)20(31)21-28-27-18(11-30)33-21;15-10-5-9(13(21)14-19-18-11(7-20)22-14)6-17-12(10)8-1-3-16-4-2-8;1-10-7-8-11(9-13(10)15)16-14(17)18-12-5-3-2-4-6-12;2-1-3;;/h2-4,8-10,20,30-31H,5-7,11H2,1H3,(H,26,32);1,5-6,13,16,20-21H,2-4,7H2;2-9H,1H3,(H,16,17);1H2;1H4;1H. The van der Waals surface area contributed by atoms with Crippen molar-refractivity contribution in [3.63, 3.8) is 0 Å². The Balaban J connectivity index is 0.000000255. The van der Waals surface area contributed by atoms with Gasteiger partial charge >= 0.3 is 12.1 Å². The molecule has 3 amide bonds. The minimum absolute atomic E-state index is 0. The summed E-state index contributed by atoms with van der Waals surface area (Å²) in [6.45, 7) is 5.58. The van der Waals surface area contributed by atoms with Crippen molar-refractivity contribution < 1.29 is 43.6 Å². The quantitative estimate of drug-likeness (QED) is 0.0594. The molecular weight excluding hydrogens is 1160 g/mol. The highest BCUT2D eigenvalue weighted by atomic mass is 35.5. The molecule has 7 N–H and O–H groups in total. The van der Waals surface area contributed by atoms with Gasteiger partial charge < -0.3 is 49.5 Å². The number of hydrogen-bond acceptors (Lipinski definition) is 16. The molecule has 416 valence electrons. The zero-order valence-electron chi connectivity index (χ0n) is 41.0. The molecule has 0 bridgehead atoms. The van der Waals surface area contributed by atoms with Crippen molar-refractivity contribution in [2.45, 2.75) is 59.5 Å². The molecule has 7 aromatic rings. The van der Waals surface area contributed by atoms with E-state index in [-0.39, 0.29) is 61.4 Å². The van der Waals surface area contributed by atoms with Crippen molar-refractivity contribution >= 4 is 117 Å². The lowest BCUT2D eigenvalue weighted by Crippen LogP contribution is -2.38. The average molecular weight is 1210 g/mol. The number of halogens is 7. The van der Waals surface area contributed by atoms with Crippen LogP contribution in [0, 0.1) is 13.8 Å². The van der Waals surface area contributed by atoms with Crippen molar-refractivity contribution in [1.82, 2.24) is 40.6 Å². The Morgan fingerprint density at radius 2 is 1.21 bits per heavy atom. The third kappa shape index (κ3) is 18.6. The second kappa shape index (κ2) is 32.2. The second-order valence-corrected chi connectivity index (χ2v) is 18.7. The molecule has 4 aromatic heterocycles. The third-order valence-corrected chi connectivity index (χ3v) is 12.4. The molecule has 2 atom stereocenters. The highest BCUT2D eigenvalue weighted by Gasteiger charge is 2.24. The summed E-state index contributed by atoms with van der Waals surface area (Å²) in [5.74, 6) is 0.484. The molecule has 19 nitrogen and oxygen atoms in total. The summed E-state index contributed by atoms with van der Waals surface area (Å²) >= 11 is 34.3. The van der Waals surface area contributed by atoms with Gasteiger partial charge in [-0.25, -0.2) is 9.59 Å². The molecule has 0 saturated carbocycles. The fraction of sp³-hybridized carbons (Fsp3) is 0.269. The van der Waals surface area contributed by atoms with Crippen LogP contribution in [-0.2, 0) is 13.2 Å². The first kappa shape index (κ1) is 64.6. The second-order valence-electron chi connectivity index (χ2n) is 16.3. The maximum Gasteiger partial charge on any atom is 0.417 e. The molecule has 2 unspecified atom stereocenters. The highest BCUT2D eigenvalue weighted by molar-refractivity contribution is 6.40. The Morgan fingerprint density at radius 3 is 1.63 bits per heavy atom. The summed E-state index contributed by atoms with van der Waals surface area (Å²) in [5, 5.41) is 64.1. The highest BCUT2D eigenvalue weighted by Crippen LogP contribution is 2.32. The molecule has 0 fully saturated rings. The normalized spacial score (nSPS) is 13.4. The number of urea groups is 1. The molecule has 0 spiro atoms. The third-order valence-electron chi connectivity index (χ3n) is 11.0. The number of nitrogens with zero attached hydrogens (tertiary/aromatic N) is 7. The number of carbonyl (C=O) groups is 2. The van der Waals surface area contributed by atoms with Crippen LogP contribution in [0.5, 0.6) is 5.75 Å². The number of nitrogens with one attached hydrogen (secondary N) is 3. The van der Waals surface area contributed by atoms with E-state index in [0.29, 0.717) is 73.5 Å². The molecule has 0 radical (unpaired) electrons. The van der Waals surface area contributed by atoms with Gasteiger partial charge in [-0.05, 0) is 104 Å². The Hall–Kier alpha value is -5.91. The zero-order valence-corrected chi connectivity index (χ0v) is 46.3. The fourth-order valence-electron chi connectivity index (χ4n) is 7.03. The summed E-state index contributed by atoms with van der Waals surface area (Å²) < 4.78 is 15.4. The number of ether oxygens (including phenoxy) is 1. The molecule has 2 aliphatic heterocycles. The average Bonchev–Trinajstić information content (AvgIpc) is 4.13. The van der Waals surface area contributed by atoms with Gasteiger partial charge in [-0.1, -0.05) is 96.3 Å². The number of alkyl halides is 2. The largest absolute Gasteiger partial charge is 0.420 e. The van der Waals surface area contributed by atoms with E-state index in [1.807, 2.05) is 44.2 Å². The van der Waals surface area contributed by atoms with E-state index in [1.165, 1.54) is 12.4 Å². The molecule has 0 aliphatic carbocycles. The number of anilines is 2. The lowest BCUT2D eigenvalue weighted by Gasteiger charge is -2.27. The zero-order chi connectivity index (χ0) is 54.7.